The van der Waals surface area contributed by atoms with Crippen LogP contribution in [0.4, 0.5) is 0 Å². The molecule has 0 rings (SSSR count). The summed E-state index contributed by atoms with van der Waals surface area (Å²) in [5.41, 5.74) is 0. The van der Waals surface area contributed by atoms with Crippen molar-refractivity contribution in [2.75, 3.05) is 37.5 Å². The SMILES string of the molecule is CCCN(CCCl)CCCSC. The monoisotopic (exact) mass is 209 g/mol. The highest BCUT2D eigenvalue weighted by Crippen LogP contribution is 1.99. The van der Waals surface area contributed by atoms with Gasteiger partial charge in [-0.3, -0.25) is 0 Å². The standard InChI is InChI=1S/C9H20ClNS/c1-3-6-11(8-5-10)7-4-9-12-2/h3-9H2,1-2H3. The van der Waals surface area contributed by atoms with Crippen LogP contribution in [0.1, 0.15) is 19.8 Å². The lowest BCUT2D eigenvalue weighted by atomic mass is 10.3. The molecule has 0 N–H and O–H groups in total. The first kappa shape index (κ1) is 12.6. The predicted octanol–water partition coefficient (Wildman–Crippen LogP) is 2.69. The van der Waals surface area contributed by atoms with Crippen LogP contribution in [0.3, 0.4) is 0 Å². The van der Waals surface area contributed by atoms with Crippen molar-refractivity contribution < 1.29 is 0 Å². The Labute approximate surface area is 85.8 Å². The zero-order chi connectivity index (χ0) is 9.23. The average Bonchev–Trinajstić information content (AvgIpc) is 2.06. The summed E-state index contributed by atoms with van der Waals surface area (Å²) in [5, 5.41) is 0. The van der Waals surface area contributed by atoms with E-state index >= 15 is 0 Å². The Balaban J connectivity index is 3.34. The van der Waals surface area contributed by atoms with E-state index in [1.807, 2.05) is 11.8 Å². The normalized spacial score (nSPS) is 11.0. The molecule has 12 heavy (non-hydrogen) atoms. The molecule has 0 saturated heterocycles. The first-order valence-corrected chi connectivity index (χ1v) is 6.55. The van der Waals surface area contributed by atoms with Gasteiger partial charge in [0.1, 0.15) is 0 Å². The molecule has 0 amide bonds. The highest BCUT2D eigenvalue weighted by atomic mass is 35.5. The lowest BCUT2D eigenvalue weighted by Crippen LogP contribution is -2.28. The van der Waals surface area contributed by atoms with E-state index in [-0.39, 0.29) is 0 Å². The molecule has 0 saturated carbocycles. The fraction of sp³-hybridized carbons (Fsp3) is 1.00. The van der Waals surface area contributed by atoms with Crippen molar-refractivity contribution in [3.63, 3.8) is 0 Å². The van der Waals surface area contributed by atoms with Crippen LogP contribution < -0.4 is 0 Å². The van der Waals surface area contributed by atoms with Gasteiger partial charge in [-0.1, -0.05) is 6.92 Å². The largest absolute Gasteiger partial charge is 0.302 e. The number of thioether (sulfide) groups is 1. The molecule has 0 unspecified atom stereocenters. The summed E-state index contributed by atoms with van der Waals surface area (Å²) in [7, 11) is 0. The van der Waals surface area contributed by atoms with E-state index in [1.54, 1.807) is 0 Å². The zero-order valence-electron chi connectivity index (χ0n) is 8.18. The van der Waals surface area contributed by atoms with E-state index in [4.69, 9.17) is 11.6 Å². The van der Waals surface area contributed by atoms with Crippen LogP contribution in [0.25, 0.3) is 0 Å². The van der Waals surface area contributed by atoms with Gasteiger partial charge < -0.3 is 4.90 Å². The van der Waals surface area contributed by atoms with Crippen LogP contribution in [-0.4, -0.2) is 42.4 Å². The number of hydrogen-bond donors (Lipinski definition) is 0. The van der Waals surface area contributed by atoms with Crippen molar-refractivity contribution >= 4 is 23.4 Å². The van der Waals surface area contributed by atoms with Crippen molar-refractivity contribution in [3.8, 4) is 0 Å². The fourth-order valence-corrected chi connectivity index (χ4v) is 1.86. The van der Waals surface area contributed by atoms with Crippen LogP contribution in [0, 0.1) is 0 Å². The second-order valence-corrected chi connectivity index (χ2v) is 4.24. The van der Waals surface area contributed by atoms with E-state index in [1.165, 1.54) is 31.7 Å². The third-order valence-electron chi connectivity index (χ3n) is 1.76. The third-order valence-corrected chi connectivity index (χ3v) is 2.63. The third kappa shape index (κ3) is 7.26. The highest BCUT2D eigenvalue weighted by molar-refractivity contribution is 7.98. The number of alkyl halides is 1. The highest BCUT2D eigenvalue weighted by Gasteiger charge is 2.01. The summed E-state index contributed by atoms with van der Waals surface area (Å²) in [5.74, 6) is 2.03. The molecule has 0 atom stereocenters. The van der Waals surface area contributed by atoms with E-state index < -0.39 is 0 Å². The minimum atomic E-state index is 0.763. The number of nitrogens with zero attached hydrogens (tertiary/aromatic N) is 1. The molecule has 0 aromatic heterocycles. The van der Waals surface area contributed by atoms with E-state index in [2.05, 4.69) is 18.1 Å². The smallest absolute Gasteiger partial charge is 0.0351 e. The van der Waals surface area contributed by atoms with Gasteiger partial charge in [0.15, 0.2) is 0 Å². The molecule has 1 nitrogen and oxygen atoms in total. The molecule has 0 aliphatic carbocycles. The second-order valence-electron chi connectivity index (χ2n) is 2.88. The molecule has 0 aromatic carbocycles. The van der Waals surface area contributed by atoms with Crippen molar-refractivity contribution in [2.24, 2.45) is 0 Å². The van der Waals surface area contributed by atoms with Crippen molar-refractivity contribution in [1.29, 1.82) is 0 Å². The van der Waals surface area contributed by atoms with E-state index in [9.17, 15) is 0 Å². The number of hydrogen-bond acceptors (Lipinski definition) is 2. The van der Waals surface area contributed by atoms with Gasteiger partial charge in [0.2, 0.25) is 0 Å². The molecule has 0 radical (unpaired) electrons. The van der Waals surface area contributed by atoms with Gasteiger partial charge in [-0.05, 0) is 37.9 Å². The Morgan fingerprint density at radius 3 is 2.50 bits per heavy atom. The molecular formula is C9H20ClNS. The predicted molar refractivity (Wildman–Crippen MR) is 60.5 cm³/mol. The van der Waals surface area contributed by atoms with Crippen molar-refractivity contribution in [1.82, 2.24) is 4.90 Å². The van der Waals surface area contributed by atoms with Crippen LogP contribution in [0.15, 0.2) is 0 Å². The van der Waals surface area contributed by atoms with Crippen LogP contribution in [0.5, 0.6) is 0 Å². The van der Waals surface area contributed by atoms with E-state index in [0.29, 0.717) is 0 Å². The minimum Gasteiger partial charge on any atom is -0.302 e. The van der Waals surface area contributed by atoms with Gasteiger partial charge in [-0.2, -0.15) is 11.8 Å². The summed E-state index contributed by atoms with van der Waals surface area (Å²) in [6.07, 6.45) is 4.68. The molecule has 0 aliphatic rings. The molecule has 0 spiro atoms. The summed E-state index contributed by atoms with van der Waals surface area (Å²) in [6, 6.07) is 0. The maximum Gasteiger partial charge on any atom is 0.0351 e. The van der Waals surface area contributed by atoms with Gasteiger partial charge in [0.25, 0.3) is 0 Å². The lowest BCUT2D eigenvalue weighted by Gasteiger charge is -2.19. The molecule has 3 heteroatoms. The maximum atomic E-state index is 5.70. The molecule has 0 heterocycles. The lowest BCUT2D eigenvalue weighted by molar-refractivity contribution is 0.292. The van der Waals surface area contributed by atoms with Gasteiger partial charge in [0.05, 0.1) is 0 Å². The first-order valence-electron chi connectivity index (χ1n) is 4.62. The maximum absolute atomic E-state index is 5.70. The van der Waals surface area contributed by atoms with Crippen LogP contribution >= 0.6 is 23.4 Å². The van der Waals surface area contributed by atoms with Crippen molar-refractivity contribution in [2.45, 2.75) is 19.8 Å². The molecule has 0 fully saturated rings. The Morgan fingerprint density at radius 1 is 1.25 bits per heavy atom. The zero-order valence-corrected chi connectivity index (χ0v) is 9.76. The first-order chi connectivity index (χ1) is 5.85. The van der Waals surface area contributed by atoms with Gasteiger partial charge in [0, 0.05) is 12.4 Å². The van der Waals surface area contributed by atoms with Crippen LogP contribution in [0.2, 0.25) is 0 Å². The van der Waals surface area contributed by atoms with Gasteiger partial charge in [-0.15, -0.1) is 11.6 Å². The molecule has 0 aliphatic heterocycles. The topological polar surface area (TPSA) is 3.24 Å². The molecular weight excluding hydrogens is 190 g/mol. The van der Waals surface area contributed by atoms with Gasteiger partial charge >= 0.3 is 0 Å². The summed E-state index contributed by atoms with van der Waals surface area (Å²) >= 11 is 7.62. The Hall–Kier alpha value is 0.600. The van der Waals surface area contributed by atoms with Gasteiger partial charge in [-0.25, -0.2) is 0 Å². The molecule has 74 valence electrons. The summed E-state index contributed by atoms with van der Waals surface area (Å²) < 4.78 is 0. The molecule has 0 bridgehead atoms. The number of halogens is 1. The Kier molecular flexibility index (Phi) is 10.2. The second kappa shape index (κ2) is 9.69. The average molecular weight is 210 g/mol. The van der Waals surface area contributed by atoms with Crippen LogP contribution in [-0.2, 0) is 0 Å². The van der Waals surface area contributed by atoms with Crippen molar-refractivity contribution in [3.05, 3.63) is 0 Å². The summed E-state index contributed by atoms with van der Waals surface area (Å²) in [6.45, 7) is 5.67. The Bertz CT molecular complexity index is 84.6. The Morgan fingerprint density at radius 2 is 2.00 bits per heavy atom. The quantitative estimate of drug-likeness (QED) is 0.447. The number of rotatable bonds is 8. The summed E-state index contributed by atoms with van der Waals surface area (Å²) in [4.78, 5) is 2.45. The van der Waals surface area contributed by atoms with E-state index in [0.717, 1.165) is 12.4 Å². The minimum absolute atomic E-state index is 0.763. The fourth-order valence-electron chi connectivity index (χ4n) is 1.20. The molecule has 0 aromatic rings.